The molecule has 0 aromatic heterocycles. The number of hydrogen-bond donors (Lipinski definition) is 0. The second-order valence-electron chi connectivity index (χ2n) is 16.4. The van der Waals surface area contributed by atoms with E-state index in [0.29, 0.717) is 5.92 Å². The molecule has 0 bridgehead atoms. The standard InChI is InChI=1S/C54H45NS/c1-53-34-11-10-25-48(53)47-33-32-44(36-51(47)56-53)55(42-30-28-38(29-31-42)37-15-4-2-5-16-37)43-22-14-21-41(35-43)54(40-19-6-3-7-20-40)49-26-9-8-23-45(49)46-24-12-17-39-18-13-27-50(54)52(39)46/h2-6,8-19,21-30,32-36,42,45,48-49H,7,20,31H2,1H3. The van der Waals surface area contributed by atoms with E-state index in [2.05, 4.69) is 206 Å². The van der Waals surface area contributed by atoms with Crippen LogP contribution in [0.15, 0.2) is 205 Å². The van der Waals surface area contributed by atoms with Gasteiger partial charge in [-0.15, -0.1) is 11.8 Å². The quantitative estimate of drug-likeness (QED) is 0.171. The van der Waals surface area contributed by atoms with Crippen molar-refractivity contribution in [3.63, 3.8) is 0 Å². The first-order chi connectivity index (χ1) is 27.6. The summed E-state index contributed by atoms with van der Waals surface area (Å²) in [6.45, 7) is 2.39. The van der Waals surface area contributed by atoms with Crippen LogP contribution in [0.1, 0.15) is 65.8 Å². The van der Waals surface area contributed by atoms with Crippen molar-refractivity contribution in [2.24, 2.45) is 5.92 Å². The highest BCUT2D eigenvalue weighted by Crippen LogP contribution is 2.60. The van der Waals surface area contributed by atoms with Gasteiger partial charge in [-0.3, -0.25) is 0 Å². The highest BCUT2D eigenvalue weighted by molar-refractivity contribution is 8.01. The molecule has 2 heteroatoms. The Bertz CT molecular complexity index is 2640. The Hall–Kier alpha value is -5.57. The Morgan fingerprint density at radius 3 is 2.41 bits per heavy atom. The molecule has 1 heterocycles. The van der Waals surface area contributed by atoms with Crippen LogP contribution in [-0.4, -0.2) is 10.8 Å². The minimum Gasteiger partial charge on any atom is -0.334 e. The minimum atomic E-state index is -0.328. The van der Waals surface area contributed by atoms with Crippen LogP contribution in [0.5, 0.6) is 0 Å². The summed E-state index contributed by atoms with van der Waals surface area (Å²) in [5.74, 6) is 0.932. The zero-order valence-corrected chi connectivity index (χ0v) is 32.6. The summed E-state index contributed by atoms with van der Waals surface area (Å²) >= 11 is 2.02. The van der Waals surface area contributed by atoms with Crippen LogP contribution in [-0.2, 0) is 5.41 Å². The van der Waals surface area contributed by atoms with E-state index < -0.39 is 0 Å². The Balaban J connectivity index is 1.10. The van der Waals surface area contributed by atoms with Gasteiger partial charge in [-0.25, -0.2) is 0 Å². The Morgan fingerprint density at radius 2 is 1.55 bits per heavy atom. The van der Waals surface area contributed by atoms with Crippen molar-refractivity contribution < 1.29 is 0 Å². The van der Waals surface area contributed by atoms with Crippen LogP contribution in [0.25, 0.3) is 16.3 Å². The molecule has 0 radical (unpaired) electrons. The van der Waals surface area contributed by atoms with E-state index in [1.165, 1.54) is 66.0 Å². The number of anilines is 2. The number of allylic oxidation sites excluding steroid dienone is 13. The molecule has 0 spiro atoms. The predicted octanol–water partition coefficient (Wildman–Crippen LogP) is 13.9. The molecule has 0 amide bonds. The first-order valence-corrected chi connectivity index (χ1v) is 21.2. The molecule has 6 aliphatic rings. The summed E-state index contributed by atoms with van der Waals surface area (Å²) in [6.07, 6.45) is 36.1. The predicted molar refractivity (Wildman–Crippen MR) is 238 cm³/mol. The van der Waals surface area contributed by atoms with Crippen LogP contribution in [0.3, 0.4) is 0 Å². The number of rotatable bonds is 6. The normalized spacial score (nSPS) is 27.7. The third-order valence-electron chi connectivity index (χ3n) is 13.4. The topological polar surface area (TPSA) is 3.24 Å². The highest BCUT2D eigenvalue weighted by Gasteiger charge is 2.51. The molecule has 1 aliphatic heterocycles. The second kappa shape index (κ2) is 13.3. The second-order valence-corrected chi connectivity index (χ2v) is 17.9. The van der Waals surface area contributed by atoms with Crippen LogP contribution in [0, 0.1) is 5.92 Å². The van der Waals surface area contributed by atoms with Crippen molar-refractivity contribution in [2.75, 3.05) is 4.90 Å². The molecule has 272 valence electrons. The summed E-state index contributed by atoms with van der Waals surface area (Å²) in [7, 11) is 0. The number of fused-ring (bicyclic) bond motifs is 5. The molecule has 5 aliphatic carbocycles. The Kier molecular flexibility index (Phi) is 8.00. The smallest absolute Gasteiger partial charge is 0.0560 e. The number of hydrogen-bond acceptors (Lipinski definition) is 2. The van der Waals surface area contributed by atoms with E-state index in [0.717, 1.165) is 19.3 Å². The molecule has 11 rings (SSSR count). The van der Waals surface area contributed by atoms with Crippen molar-refractivity contribution >= 4 is 39.5 Å². The maximum absolute atomic E-state index is 2.63. The zero-order valence-electron chi connectivity index (χ0n) is 31.8. The number of benzene rings is 5. The molecule has 0 saturated carbocycles. The van der Waals surface area contributed by atoms with E-state index in [9.17, 15) is 0 Å². The van der Waals surface area contributed by atoms with Gasteiger partial charge in [-0.1, -0.05) is 176 Å². The first kappa shape index (κ1) is 33.7. The molecule has 6 unspecified atom stereocenters. The van der Waals surface area contributed by atoms with E-state index >= 15 is 0 Å². The van der Waals surface area contributed by atoms with Crippen LogP contribution < -0.4 is 4.90 Å². The fourth-order valence-electron chi connectivity index (χ4n) is 10.9. The van der Waals surface area contributed by atoms with Gasteiger partial charge in [-0.05, 0) is 94.6 Å². The average molecular weight is 740 g/mol. The lowest BCUT2D eigenvalue weighted by molar-refractivity contribution is 0.385. The largest absolute Gasteiger partial charge is 0.334 e. The van der Waals surface area contributed by atoms with Crippen molar-refractivity contribution in [1.82, 2.24) is 0 Å². The lowest BCUT2D eigenvalue weighted by atomic mass is 9.51. The van der Waals surface area contributed by atoms with E-state index in [-0.39, 0.29) is 28.0 Å². The van der Waals surface area contributed by atoms with Crippen LogP contribution in [0.2, 0.25) is 0 Å². The van der Waals surface area contributed by atoms with E-state index in [1.54, 1.807) is 0 Å². The third kappa shape index (κ3) is 5.15. The lowest BCUT2D eigenvalue weighted by Gasteiger charge is -2.51. The maximum Gasteiger partial charge on any atom is 0.0560 e. The van der Waals surface area contributed by atoms with Crippen molar-refractivity contribution in [2.45, 2.75) is 59.1 Å². The van der Waals surface area contributed by atoms with E-state index in [4.69, 9.17) is 0 Å². The van der Waals surface area contributed by atoms with Gasteiger partial charge in [-0.2, -0.15) is 0 Å². The van der Waals surface area contributed by atoms with Gasteiger partial charge in [0.25, 0.3) is 0 Å². The third-order valence-corrected chi connectivity index (χ3v) is 14.8. The summed E-state index contributed by atoms with van der Waals surface area (Å²) in [5, 5.41) is 2.76. The summed E-state index contributed by atoms with van der Waals surface area (Å²) < 4.78 is 0.0455. The van der Waals surface area contributed by atoms with Gasteiger partial charge in [0, 0.05) is 44.2 Å². The van der Waals surface area contributed by atoms with Gasteiger partial charge in [0.15, 0.2) is 0 Å². The van der Waals surface area contributed by atoms with Crippen LogP contribution >= 0.6 is 11.8 Å². The Labute approximate surface area is 335 Å². The number of nitrogens with zero attached hydrogens (tertiary/aromatic N) is 1. The molecule has 1 nitrogen and oxygen atoms in total. The fraction of sp³-hybridized carbons (Fsp3) is 0.185. The van der Waals surface area contributed by atoms with Gasteiger partial charge >= 0.3 is 0 Å². The van der Waals surface area contributed by atoms with Crippen molar-refractivity contribution in [3.05, 3.63) is 228 Å². The highest BCUT2D eigenvalue weighted by atomic mass is 32.2. The number of thioether (sulfide) groups is 1. The maximum atomic E-state index is 2.63. The van der Waals surface area contributed by atoms with Gasteiger partial charge in [0.1, 0.15) is 0 Å². The SMILES string of the molecule is CC12C=CC=CC1c1ccc(N(c3cccc(C4(C5=CC=CCC5)c5cccc6cccc(c56)C5C=CC=CC54)c3)C3C=CC(c4ccccc4)=CC3)cc1S2. The summed E-state index contributed by atoms with van der Waals surface area (Å²) in [6, 6.07) is 41.9. The summed E-state index contributed by atoms with van der Waals surface area (Å²) in [5.41, 5.74) is 12.0. The zero-order chi connectivity index (χ0) is 37.3. The van der Waals surface area contributed by atoms with Gasteiger partial charge in [0.2, 0.25) is 0 Å². The molecule has 5 aromatic rings. The van der Waals surface area contributed by atoms with E-state index in [1.807, 2.05) is 11.8 Å². The average Bonchev–Trinajstić information content (AvgIpc) is 3.57. The monoisotopic (exact) mass is 739 g/mol. The van der Waals surface area contributed by atoms with Crippen LogP contribution in [0.4, 0.5) is 11.4 Å². The minimum absolute atomic E-state index is 0.0455. The molecule has 6 atom stereocenters. The molecule has 5 aromatic carbocycles. The Morgan fingerprint density at radius 1 is 0.714 bits per heavy atom. The van der Waals surface area contributed by atoms with Gasteiger partial charge in [0.05, 0.1) is 6.04 Å². The molecule has 0 saturated heterocycles. The molecule has 0 N–H and O–H groups in total. The van der Waals surface area contributed by atoms with Crippen molar-refractivity contribution in [3.8, 4) is 0 Å². The fourth-order valence-corrected chi connectivity index (χ4v) is 12.3. The first-order valence-electron chi connectivity index (χ1n) is 20.4. The van der Waals surface area contributed by atoms with Crippen molar-refractivity contribution in [1.29, 1.82) is 0 Å². The molecule has 56 heavy (non-hydrogen) atoms. The lowest BCUT2D eigenvalue weighted by Crippen LogP contribution is -2.44. The molecular weight excluding hydrogens is 695 g/mol. The molecule has 0 fully saturated rings. The summed E-state index contributed by atoms with van der Waals surface area (Å²) in [4.78, 5) is 4.02. The molecular formula is C54H45NS. The van der Waals surface area contributed by atoms with Gasteiger partial charge < -0.3 is 4.90 Å².